The molecule has 0 aromatic carbocycles. The Morgan fingerprint density at radius 1 is 1.67 bits per heavy atom. The third-order valence-electron chi connectivity index (χ3n) is 1.63. The summed E-state index contributed by atoms with van der Waals surface area (Å²) in [5, 5.41) is 9.01. The number of halogens is 1. The van der Waals surface area contributed by atoms with Crippen LogP contribution in [0.15, 0.2) is 16.1 Å². The molecule has 0 bridgehead atoms. The van der Waals surface area contributed by atoms with E-state index in [4.69, 9.17) is 16.7 Å². The lowest BCUT2D eigenvalue weighted by Crippen LogP contribution is -2.27. The lowest BCUT2D eigenvalue weighted by Gasteiger charge is -2.17. The van der Waals surface area contributed by atoms with E-state index < -0.39 is 16.3 Å². The second-order valence-corrected chi connectivity index (χ2v) is 5.26. The summed E-state index contributed by atoms with van der Waals surface area (Å²) in [5.41, 5.74) is -0.477. The van der Waals surface area contributed by atoms with Crippen molar-refractivity contribution in [3.05, 3.63) is 21.7 Å². The van der Waals surface area contributed by atoms with E-state index in [0.717, 1.165) is 11.8 Å². The third-order valence-corrected chi connectivity index (χ3v) is 3.28. The molecule has 0 fully saturated rings. The van der Waals surface area contributed by atoms with Gasteiger partial charge in [-0.25, -0.2) is 4.98 Å². The number of rotatable bonds is 3. The molecule has 2 N–H and O–H groups in total. The fourth-order valence-corrected chi connectivity index (χ4v) is 1.80. The molecule has 0 saturated carbocycles. The molecule has 0 saturated heterocycles. The van der Waals surface area contributed by atoms with Gasteiger partial charge in [-0.1, -0.05) is 23.4 Å². The zero-order valence-electron chi connectivity index (χ0n) is 8.07. The fraction of sp³-hybridized carbons (Fsp3) is 0.375. The van der Waals surface area contributed by atoms with E-state index >= 15 is 0 Å². The van der Waals surface area contributed by atoms with E-state index in [1.165, 1.54) is 20.2 Å². The molecule has 1 aromatic heterocycles. The van der Waals surface area contributed by atoms with Crippen molar-refractivity contribution in [1.82, 2.24) is 9.97 Å². The van der Waals surface area contributed by atoms with Gasteiger partial charge in [0.1, 0.15) is 14.8 Å². The van der Waals surface area contributed by atoms with Crippen LogP contribution in [0.25, 0.3) is 0 Å². The molecule has 0 spiro atoms. The molecular weight excluding hydrogens is 240 g/mol. The number of carboxylic acid groups (broad SMARTS) is 1. The molecule has 15 heavy (non-hydrogen) atoms. The fourth-order valence-electron chi connectivity index (χ4n) is 0.723. The highest BCUT2D eigenvalue weighted by atomic mass is 35.5. The topological polar surface area (TPSA) is 83.0 Å². The van der Waals surface area contributed by atoms with Crippen LogP contribution in [0.1, 0.15) is 13.8 Å². The Bertz CT molecular complexity index is 444. The van der Waals surface area contributed by atoms with Crippen LogP contribution in [0.2, 0.25) is 5.02 Å². The van der Waals surface area contributed by atoms with Gasteiger partial charge >= 0.3 is 5.97 Å². The SMILES string of the molecule is CC(C)(Sc1nc[nH]c(=O)c1Cl)C(=O)O. The van der Waals surface area contributed by atoms with Gasteiger partial charge < -0.3 is 10.1 Å². The van der Waals surface area contributed by atoms with Crippen LogP contribution in [0.3, 0.4) is 0 Å². The molecule has 0 unspecified atom stereocenters. The second kappa shape index (κ2) is 4.24. The second-order valence-electron chi connectivity index (χ2n) is 3.27. The molecule has 0 aliphatic rings. The minimum atomic E-state index is -1.08. The van der Waals surface area contributed by atoms with Crippen LogP contribution in [0, 0.1) is 0 Å². The molecule has 1 heterocycles. The van der Waals surface area contributed by atoms with Crippen molar-refractivity contribution in [3.63, 3.8) is 0 Å². The standard InChI is InChI=1S/C8H9ClN2O3S/c1-8(2,7(13)14)15-6-4(9)5(12)10-3-11-6/h3H,1-2H3,(H,13,14)(H,10,11,12). The van der Waals surface area contributed by atoms with Gasteiger partial charge in [0.2, 0.25) is 0 Å². The number of aromatic amines is 1. The number of carbonyl (C=O) groups is 1. The van der Waals surface area contributed by atoms with Crippen LogP contribution < -0.4 is 5.56 Å². The number of nitrogens with one attached hydrogen (secondary N) is 1. The number of hydrogen-bond acceptors (Lipinski definition) is 4. The van der Waals surface area contributed by atoms with Gasteiger partial charge in [-0.15, -0.1) is 0 Å². The number of H-pyrrole nitrogens is 1. The van der Waals surface area contributed by atoms with Crippen molar-refractivity contribution in [1.29, 1.82) is 0 Å². The van der Waals surface area contributed by atoms with Crippen molar-refractivity contribution < 1.29 is 9.90 Å². The van der Waals surface area contributed by atoms with E-state index in [-0.39, 0.29) is 10.0 Å². The maximum atomic E-state index is 11.1. The van der Waals surface area contributed by atoms with E-state index in [9.17, 15) is 9.59 Å². The van der Waals surface area contributed by atoms with Gasteiger partial charge in [-0.2, -0.15) is 0 Å². The molecule has 5 nitrogen and oxygen atoms in total. The number of carboxylic acids is 1. The number of hydrogen-bond donors (Lipinski definition) is 2. The third kappa shape index (κ3) is 2.73. The maximum Gasteiger partial charge on any atom is 0.319 e. The number of aromatic nitrogens is 2. The van der Waals surface area contributed by atoms with Gasteiger partial charge in [0.25, 0.3) is 5.56 Å². The van der Waals surface area contributed by atoms with Gasteiger partial charge in [-0.3, -0.25) is 9.59 Å². The van der Waals surface area contributed by atoms with Gasteiger partial charge in [0, 0.05) is 0 Å². The Labute approximate surface area is 94.9 Å². The molecule has 0 atom stereocenters. The summed E-state index contributed by atoms with van der Waals surface area (Å²) in [5.74, 6) is -0.995. The van der Waals surface area contributed by atoms with E-state index in [0.29, 0.717) is 0 Å². The van der Waals surface area contributed by atoms with Crippen molar-refractivity contribution >= 4 is 29.3 Å². The molecule has 0 aliphatic carbocycles. The van der Waals surface area contributed by atoms with Crippen LogP contribution in [0.5, 0.6) is 0 Å². The van der Waals surface area contributed by atoms with Crippen LogP contribution in [0.4, 0.5) is 0 Å². The molecular formula is C8H9ClN2O3S. The van der Waals surface area contributed by atoms with E-state index in [2.05, 4.69) is 9.97 Å². The number of thioether (sulfide) groups is 1. The first-order valence-electron chi connectivity index (χ1n) is 4.00. The Hall–Kier alpha value is -1.01. The van der Waals surface area contributed by atoms with Crippen LogP contribution in [-0.2, 0) is 4.79 Å². The number of aliphatic carboxylic acids is 1. The van der Waals surface area contributed by atoms with Crippen molar-refractivity contribution in [2.75, 3.05) is 0 Å². The summed E-state index contributed by atoms with van der Waals surface area (Å²) >= 11 is 6.62. The molecule has 1 rings (SSSR count). The Morgan fingerprint density at radius 3 is 2.80 bits per heavy atom. The normalized spacial score (nSPS) is 11.4. The summed E-state index contributed by atoms with van der Waals surface area (Å²) in [6, 6.07) is 0. The Balaban J connectivity index is 3.05. The summed E-state index contributed by atoms with van der Waals surface area (Å²) in [6.45, 7) is 3.03. The highest BCUT2D eigenvalue weighted by Crippen LogP contribution is 2.33. The number of nitrogens with zero attached hydrogens (tertiary/aromatic N) is 1. The predicted molar refractivity (Wildman–Crippen MR) is 57.4 cm³/mol. The zero-order chi connectivity index (χ0) is 11.6. The minimum absolute atomic E-state index is 0.0863. The summed E-state index contributed by atoms with van der Waals surface area (Å²) in [6.07, 6.45) is 1.19. The summed E-state index contributed by atoms with van der Waals surface area (Å²) in [4.78, 5) is 28.1. The highest BCUT2D eigenvalue weighted by molar-refractivity contribution is 8.01. The monoisotopic (exact) mass is 248 g/mol. The first-order valence-corrected chi connectivity index (χ1v) is 5.19. The van der Waals surface area contributed by atoms with Crippen molar-refractivity contribution in [2.24, 2.45) is 0 Å². The molecule has 0 radical (unpaired) electrons. The smallest absolute Gasteiger partial charge is 0.319 e. The largest absolute Gasteiger partial charge is 0.480 e. The molecule has 7 heteroatoms. The van der Waals surface area contributed by atoms with E-state index in [1.807, 2.05) is 0 Å². The van der Waals surface area contributed by atoms with Crippen molar-refractivity contribution in [3.8, 4) is 0 Å². The lowest BCUT2D eigenvalue weighted by molar-refractivity contribution is -0.138. The van der Waals surface area contributed by atoms with Crippen LogP contribution in [-0.4, -0.2) is 25.8 Å². The quantitative estimate of drug-likeness (QED) is 0.624. The summed E-state index contributed by atoms with van der Waals surface area (Å²) < 4.78 is -1.08. The van der Waals surface area contributed by atoms with Gasteiger partial charge in [0.05, 0.1) is 6.33 Å². The first-order chi connectivity index (χ1) is 6.84. The van der Waals surface area contributed by atoms with Gasteiger partial charge in [0.15, 0.2) is 0 Å². The molecule has 0 aliphatic heterocycles. The van der Waals surface area contributed by atoms with Crippen molar-refractivity contribution in [2.45, 2.75) is 23.6 Å². The Morgan fingerprint density at radius 2 is 2.27 bits per heavy atom. The molecule has 0 amide bonds. The summed E-state index contributed by atoms with van der Waals surface area (Å²) in [7, 11) is 0. The van der Waals surface area contributed by atoms with E-state index in [1.54, 1.807) is 0 Å². The maximum absolute atomic E-state index is 11.1. The highest BCUT2D eigenvalue weighted by Gasteiger charge is 2.30. The Kier molecular flexibility index (Phi) is 3.41. The predicted octanol–water partition coefficient (Wildman–Crippen LogP) is 1.38. The van der Waals surface area contributed by atoms with Crippen LogP contribution >= 0.6 is 23.4 Å². The first kappa shape index (κ1) is 12.1. The molecule has 1 aromatic rings. The average Bonchev–Trinajstić information content (AvgIpc) is 2.12. The van der Waals surface area contributed by atoms with Gasteiger partial charge in [-0.05, 0) is 13.8 Å². The lowest BCUT2D eigenvalue weighted by atomic mass is 10.2. The average molecular weight is 249 g/mol. The zero-order valence-corrected chi connectivity index (χ0v) is 9.65. The molecule has 82 valence electrons. The minimum Gasteiger partial charge on any atom is -0.480 e.